The van der Waals surface area contributed by atoms with Crippen LogP contribution in [0.25, 0.3) is 0 Å². The first-order chi connectivity index (χ1) is 10.5. The van der Waals surface area contributed by atoms with Crippen LogP contribution in [0.5, 0.6) is 17.5 Å². The number of nitrogens with one attached hydrogen (secondary N) is 2. The van der Waals surface area contributed by atoms with Crippen LogP contribution in [-0.4, -0.2) is 38.9 Å². The van der Waals surface area contributed by atoms with Crippen molar-refractivity contribution < 1.29 is 29.3 Å². The molecule has 0 radical (unpaired) electrons. The molecule has 1 atom stereocenters. The normalized spacial score (nSPS) is 12.8. The fourth-order valence-corrected chi connectivity index (χ4v) is 1.80. The fourth-order valence-electron chi connectivity index (χ4n) is 1.80. The molecule has 23 heavy (non-hydrogen) atoms. The zero-order valence-corrected chi connectivity index (χ0v) is 14.0. The van der Waals surface area contributed by atoms with Crippen molar-refractivity contribution in [1.82, 2.24) is 10.3 Å². The number of hydrogen-bond acceptors (Lipinski definition) is 6. The Morgan fingerprint density at radius 1 is 1.30 bits per heavy atom. The van der Waals surface area contributed by atoms with Gasteiger partial charge in [0.1, 0.15) is 11.6 Å². The van der Waals surface area contributed by atoms with Gasteiger partial charge in [-0.25, -0.2) is 9.59 Å². The zero-order valence-electron chi connectivity index (χ0n) is 14.0. The first-order valence-corrected chi connectivity index (χ1v) is 7.30. The van der Waals surface area contributed by atoms with Gasteiger partial charge in [-0.05, 0) is 33.1 Å². The van der Waals surface area contributed by atoms with Gasteiger partial charge >= 0.3 is 12.1 Å². The van der Waals surface area contributed by atoms with Crippen LogP contribution < -0.4 is 10.1 Å². The van der Waals surface area contributed by atoms with Crippen molar-refractivity contribution in [3.63, 3.8) is 0 Å². The number of alkyl carbamates (subject to hydrolysis) is 1. The first-order valence-electron chi connectivity index (χ1n) is 7.30. The number of aromatic amines is 1. The number of aromatic nitrogens is 1. The quantitative estimate of drug-likeness (QED) is 0.615. The molecule has 4 N–H and O–H groups in total. The molecular formula is C15H24N2O6. The number of esters is 1. The lowest BCUT2D eigenvalue weighted by atomic mass is 10.0. The Morgan fingerprint density at radius 2 is 1.91 bits per heavy atom. The van der Waals surface area contributed by atoms with E-state index in [4.69, 9.17) is 9.47 Å². The summed E-state index contributed by atoms with van der Waals surface area (Å²) in [5.74, 6) is -1.69. The van der Waals surface area contributed by atoms with Gasteiger partial charge in [-0.15, -0.1) is 0 Å². The number of amides is 1. The Labute approximate surface area is 134 Å². The molecule has 0 aliphatic heterocycles. The van der Waals surface area contributed by atoms with E-state index in [1.807, 2.05) is 13.8 Å². The van der Waals surface area contributed by atoms with E-state index >= 15 is 0 Å². The van der Waals surface area contributed by atoms with E-state index in [0.29, 0.717) is 6.42 Å². The molecule has 0 aromatic carbocycles. The maximum atomic E-state index is 12.2. The number of H-pyrrole nitrogens is 1. The van der Waals surface area contributed by atoms with Crippen LogP contribution in [0.15, 0.2) is 6.07 Å². The maximum Gasteiger partial charge on any atom is 0.408 e. The monoisotopic (exact) mass is 328 g/mol. The average Bonchev–Trinajstić information content (AvgIpc) is 2.63. The van der Waals surface area contributed by atoms with E-state index in [9.17, 15) is 19.8 Å². The Kier molecular flexibility index (Phi) is 5.89. The Morgan fingerprint density at radius 3 is 2.35 bits per heavy atom. The van der Waals surface area contributed by atoms with Crippen molar-refractivity contribution in [2.24, 2.45) is 5.92 Å². The third-order valence-corrected chi connectivity index (χ3v) is 2.64. The van der Waals surface area contributed by atoms with Gasteiger partial charge in [0.25, 0.3) is 0 Å². The summed E-state index contributed by atoms with van der Waals surface area (Å²) in [5, 5.41) is 21.1. The second-order valence-electron chi connectivity index (χ2n) is 6.62. The Bertz CT molecular complexity index is 559. The van der Waals surface area contributed by atoms with Crippen molar-refractivity contribution in [3.8, 4) is 17.5 Å². The number of hydrogen-bond donors (Lipinski definition) is 4. The van der Waals surface area contributed by atoms with Gasteiger partial charge < -0.3 is 25.0 Å². The van der Waals surface area contributed by atoms with Gasteiger partial charge in [0.2, 0.25) is 5.88 Å². The standard InChI is InChI=1S/C15H24N2O6/c1-8(2)6-9(16-14(21)23-15(3,4)5)13(20)22-10-7-11(18)17-12(10)19/h7-9,17-19H,6H2,1-5H3,(H,16,21)/t9-/m0/s1. The number of ether oxygens (including phenoxy) is 2. The van der Waals surface area contributed by atoms with Gasteiger partial charge in [0, 0.05) is 6.07 Å². The molecule has 1 amide bonds. The van der Waals surface area contributed by atoms with Crippen LogP contribution in [-0.2, 0) is 9.53 Å². The molecule has 0 saturated heterocycles. The van der Waals surface area contributed by atoms with E-state index in [1.54, 1.807) is 20.8 Å². The van der Waals surface area contributed by atoms with E-state index in [-0.39, 0.29) is 17.5 Å². The summed E-state index contributed by atoms with van der Waals surface area (Å²) in [7, 11) is 0. The van der Waals surface area contributed by atoms with Crippen LogP contribution in [0.4, 0.5) is 4.79 Å². The Balaban J connectivity index is 2.78. The fraction of sp³-hybridized carbons (Fsp3) is 0.600. The highest BCUT2D eigenvalue weighted by molar-refractivity contribution is 5.83. The summed E-state index contributed by atoms with van der Waals surface area (Å²) < 4.78 is 10.1. The summed E-state index contributed by atoms with van der Waals surface area (Å²) in [5.41, 5.74) is -0.693. The molecule has 8 heteroatoms. The lowest BCUT2D eigenvalue weighted by Gasteiger charge is -2.23. The smallest absolute Gasteiger partial charge is 0.408 e. The van der Waals surface area contributed by atoms with E-state index < -0.39 is 29.6 Å². The van der Waals surface area contributed by atoms with E-state index in [2.05, 4.69) is 10.3 Å². The van der Waals surface area contributed by atoms with E-state index in [0.717, 1.165) is 6.07 Å². The van der Waals surface area contributed by atoms with Gasteiger partial charge in [0.05, 0.1) is 0 Å². The lowest BCUT2D eigenvalue weighted by molar-refractivity contribution is -0.137. The van der Waals surface area contributed by atoms with Crippen molar-refractivity contribution in [2.75, 3.05) is 0 Å². The average molecular weight is 328 g/mol. The molecule has 1 heterocycles. The number of aromatic hydroxyl groups is 2. The van der Waals surface area contributed by atoms with Crippen LogP contribution >= 0.6 is 0 Å². The molecule has 1 aromatic rings. The summed E-state index contributed by atoms with van der Waals surface area (Å²) in [6.45, 7) is 8.90. The minimum Gasteiger partial charge on any atom is -0.494 e. The molecule has 0 aliphatic rings. The van der Waals surface area contributed by atoms with Crippen molar-refractivity contribution in [1.29, 1.82) is 0 Å². The third-order valence-electron chi connectivity index (χ3n) is 2.64. The maximum absolute atomic E-state index is 12.2. The molecule has 0 bridgehead atoms. The highest BCUT2D eigenvalue weighted by Gasteiger charge is 2.27. The van der Waals surface area contributed by atoms with Crippen LogP contribution in [0.1, 0.15) is 41.0 Å². The number of carbonyl (C=O) groups excluding carboxylic acids is 2. The number of rotatable bonds is 5. The second-order valence-corrected chi connectivity index (χ2v) is 6.62. The molecule has 0 fully saturated rings. The summed E-state index contributed by atoms with van der Waals surface area (Å²) in [6.07, 6.45) is -0.406. The first kappa shape index (κ1) is 18.7. The highest BCUT2D eigenvalue weighted by Crippen LogP contribution is 2.30. The molecule has 1 rings (SSSR count). The third kappa shape index (κ3) is 6.50. The van der Waals surface area contributed by atoms with Crippen molar-refractivity contribution in [3.05, 3.63) is 6.07 Å². The lowest BCUT2D eigenvalue weighted by Crippen LogP contribution is -2.45. The zero-order chi connectivity index (χ0) is 17.8. The molecule has 0 saturated carbocycles. The molecular weight excluding hydrogens is 304 g/mol. The molecule has 0 unspecified atom stereocenters. The Hall–Kier alpha value is -2.38. The van der Waals surface area contributed by atoms with Crippen molar-refractivity contribution in [2.45, 2.75) is 52.7 Å². The summed E-state index contributed by atoms with van der Waals surface area (Å²) in [6, 6.07) is 0.119. The SMILES string of the molecule is CC(C)C[C@H](NC(=O)OC(C)(C)C)C(=O)Oc1cc(O)[nH]c1O. The molecule has 0 spiro atoms. The molecule has 130 valence electrons. The summed E-state index contributed by atoms with van der Waals surface area (Å²) >= 11 is 0. The molecule has 8 nitrogen and oxygen atoms in total. The summed E-state index contributed by atoms with van der Waals surface area (Å²) in [4.78, 5) is 26.2. The van der Waals surface area contributed by atoms with Crippen LogP contribution in [0, 0.1) is 5.92 Å². The van der Waals surface area contributed by atoms with Crippen LogP contribution in [0.2, 0.25) is 0 Å². The van der Waals surface area contributed by atoms with Gasteiger partial charge in [-0.1, -0.05) is 13.8 Å². The molecule has 1 aromatic heterocycles. The van der Waals surface area contributed by atoms with Crippen molar-refractivity contribution >= 4 is 12.1 Å². The second kappa shape index (κ2) is 7.26. The minimum absolute atomic E-state index is 0.107. The number of carbonyl (C=O) groups is 2. The highest BCUT2D eigenvalue weighted by atomic mass is 16.6. The minimum atomic E-state index is -0.943. The predicted molar refractivity (Wildman–Crippen MR) is 82.4 cm³/mol. The van der Waals surface area contributed by atoms with Gasteiger partial charge in [0.15, 0.2) is 11.6 Å². The van der Waals surface area contributed by atoms with Gasteiger partial charge in [-0.2, -0.15) is 0 Å². The van der Waals surface area contributed by atoms with E-state index in [1.165, 1.54) is 0 Å². The largest absolute Gasteiger partial charge is 0.494 e. The molecule has 0 aliphatic carbocycles. The predicted octanol–water partition coefficient (Wildman–Crippen LogP) is 2.27. The topological polar surface area (TPSA) is 121 Å². The van der Waals surface area contributed by atoms with Gasteiger partial charge in [-0.3, -0.25) is 4.98 Å². The van der Waals surface area contributed by atoms with Crippen LogP contribution in [0.3, 0.4) is 0 Å².